The van der Waals surface area contributed by atoms with Crippen LogP contribution in [0.3, 0.4) is 0 Å². The number of rotatable bonds is 2. The Bertz CT molecular complexity index is 931. The Morgan fingerprint density at radius 3 is 2.09 bits per heavy atom. The predicted octanol–water partition coefficient (Wildman–Crippen LogP) is 4.73. The van der Waals surface area contributed by atoms with E-state index in [1.807, 2.05) is 43.3 Å². The van der Waals surface area contributed by atoms with Gasteiger partial charge in [-0.3, -0.25) is 0 Å². The van der Waals surface area contributed by atoms with Crippen molar-refractivity contribution in [2.75, 3.05) is 0 Å². The molecule has 106 valence electrons. The van der Waals surface area contributed by atoms with E-state index in [-0.39, 0.29) is 0 Å². The predicted molar refractivity (Wildman–Crippen MR) is 90.8 cm³/mol. The van der Waals surface area contributed by atoms with Crippen LogP contribution in [0.15, 0.2) is 60.7 Å². The van der Waals surface area contributed by atoms with Crippen molar-refractivity contribution in [3.05, 3.63) is 66.4 Å². The molecule has 0 unspecified atom stereocenters. The number of fused-ring (bicyclic) bond motifs is 1. The highest BCUT2D eigenvalue weighted by Crippen LogP contribution is 2.37. The molecule has 0 saturated heterocycles. The Kier molecular flexibility index (Phi) is 3.16. The van der Waals surface area contributed by atoms with Gasteiger partial charge in [0.15, 0.2) is 4.83 Å². The average molecular weight is 303 g/mol. The molecule has 0 radical (unpaired) electrons. The Hall–Kier alpha value is -2.59. The van der Waals surface area contributed by atoms with Crippen molar-refractivity contribution in [2.24, 2.45) is 0 Å². The highest BCUT2D eigenvalue weighted by Gasteiger charge is 2.17. The molecule has 0 bridgehead atoms. The third kappa shape index (κ3) is 2.09. The number of aryl methyl sites for hydroxylation is 1. The molecule has 0 aliphatic carbocycles. The van der Waals surface area contributed by atoms with E-state index in [1.54, 1.807) is 0 Å². The van der Waals surface area contributed by atoms with E-state index in [2.05, 4.69) is 38.8 Å². The minimum Gasteiger partial charge on any atom is -0.195 e. The maximum atomic E-state index is 4.49. The summed E-state index contributed by atoms with van der Waals surface area (Å²) < 4.78 is 4.46. The summed E-state index contributed by atoms with van der Waals surface area (Å²) in [5.41, 5.74) is 5.24. The van der Waals surface area contributed by atoms with Crippen LogP contribution in [0.5, 0.6) is 0 Å². The molecule has 0 N–H and O–H groups in total. The van der Waals surface area contributed by atoms with Gasteiger partial charge < -0.3 is 0 Å². The van der Waals surface area contributed by atoms with Crippen molar-refractivity contribution < 1.29 is 0 Å². The van der Waals surface area contributed by atoms with Crippen LogP contribution in [-0.4, -0.2) is 14.6 Å². The van der Waals surface area contributed by atoms with Gasteiger partial charge in [-0.1, -0.05) is 60.7 Å². The second-order valence-corrected chi connectivity index (χ2v) is 5.86. The van der Waals surface area contributed by atoms with Crippen LogP contribution in [0.25, 0.3) is 32.6 Å². The lowest BCUT2D eigenvalue weighted by molar-refractivity contribution is 1.09. The molecular weight excluding hydrogens is 290 g/mol. The molecule has 0 amide bonds. The van der Waals surface area contributed by atoms with E-state index in [4.69, 9.17) is 0 Å². The topological polar surface area (TPSA) is 38.7 Å². The van der Waals surface area contributed by atoms with Crippen LogP contribution in [0.2, 0.25) is 0 Å². The summed E-state index contributed by atoms with van der Waals surface area (Å²) in [7, 11) is 0. The molecule has 4 rings (SSSR count). The van der Waals surface area contributed by atoms with Crippen LogP contribution in [0, 0.1) is 6.92 Å². The van der Waals surface area contributed by atoms with Crippen molar-refractivity contribution in [1.29, 1.82) is 0 Å². The second-order valence-electron chi connectivity index (χ2n) is 5.10. The minimum absolute atomic E-state index is 0.885. The van der Waals surface area contributed by atoms with E-state index < -0.39 is 0 Å². The molecule has 2 heterocycles. The van der Waals surface area contributed by atoms with Gasteiger partial charge in [-0.05, 0) is 24.0 Å². The first kappa shape index (κ1) is 13.1. The van der Waals surface area contributed by atoms with Gasteiger partial charge in [-0.15, -0.1) is 10.2 Å². The third-order valence-corrected chi connectivity index (χ3v) is 4.51. The largest absolute Gasteiger partial charge is 0.195 e. The summed E-state index contributed by atoms with van der Waals surface area (Å²) in [5.74, 6) is 0. The monoisotopic (exact) mass is 303 g/mol. The molecule has 2 aromatic heterocycles. The molecule has 3 nitrogen and oxygen atoms in total. The van der Waals surface area contributed by atoms with Crippen LogP contribution in [0.1, 0.15) is 5.69 Å². The zero-order valence-corrected chi connectivity index (χ0v) is 12.8. The molecule has 22 heavy (non-hydrogen) atoms. The zero-order chi connectivity index (χ0) is 14.9. The van der Waals surface area contributed by atoms with Gasteiger partial charge >= 0.3 is 0 Å². The van der Waals surface area contributed by atoms with Crippen molar-refractivity contribution in [3.63, 3.8) is 0 Å². The second kappa shape index (κ2) is 5.31. The molecule has 4 aromatic rings. The van der Waals surface area contributed by atoms with Crippen molar-refractivity contribution in [2.45, 2.75) is 6.92 Å². The number of nitrogens with zero attached hydrogens (tertiary/aromatic N) is 3. The highest BCUT2D eigenvalue weighted by molar-refractivity contribution is 7.13. The van der Waals surface area contributed by atoms with Gasteiger partial charge in [0.2, 0.25) is 0 Å². The maximum Gasteiger partial charge on any atom is 0.166 e. The highest BCUT2D eigenvalue weighted by atomic mass is 32.1. The fourth-order valence-electron chi connectivity index (χ4n) is 2.66. The molecule has 4 heteroatoms. The van der Waals surface area contributed by atoms with Crippen molar-refractivity contribution in [1.82, 2.24) is 14.6 Å². The molecule has 0 aliphatic heterocycles. The zero-order valence-electron chi connectivity index (χ0n) is 12.0. The first-order valence-electron chi connectivity index (χ1n) is 7.08. The van der Waals surface area contributed by atoms with Gasteiger partial charge in [0.05, 0.1) is 5.69 Å². The Balaban J connectivity index is 2.11. The maximum absolute atomic E-state index is 4.49. The first-order valence-corrected chi connectivity index (χ1v) is 7.85. The summed E-state index contributed by atoms with van der Waals surface area (Å²) in [6.45, 7) is 2.03. The van der Waals surface area contributed by atoms with E-state index in [9.17, 15) is 0 Å². The number of aromatic nitrogens is 3. The SMILES string of the molecule is Cc1nsc2nnc(-c3ccccc3)c(-c3ccccc3)c12. The normalized spacial score (nSPS) is 11.0. The number of hydrogen-bond acceptors (Lipinski definition) is 4. The lowest BCUT2D eigenvalue weighted by Crippen LogP contribution is -1.94. The summed E-state index contributed by atoms with van der Waals surface area (Å²) in [6.07, 6.45) is 0. The Labute approximate surface area is 132 Å². The third-order valence-electron chi connectivity index (χ3n) is 3.68. The molecule has 0 atom stereocenters. The minimum atomic E-state index is 0.885. The Morgan fingerprint density at radius 2 is 1.41 bits per heavy atom. The molecule has 0 spiro atoms. The Morgan fingerprint density at radius 1 is 0.773 bits per heavy atom. The van der Waals surface area contributed by atoms with E-state index in [0.29, 0.717) is 0 Å². The fraction of sp³-hybridized carbons (Fsp3) is 0.0556. The number of hydrogen-bond donors (Lipinski definition) is 0. The lowest BCUT2D eigenvalue weighted by atomic mass is 9.97. The van der Waals surface area contributed by atoms with Gasteiger partial charge in [-0.25, -0.2) is 0 Å². The van der Waals surface area contributed by atoms with Crippen LogP contribution < -0.4 is 0 Å². The summed E-state index contributed by atoms with van der Waals surface area (Å²) in [6, 6.07) is 20.5. The quantitative estimate of drug-likeness (QED) is 0.537. The molecule has 0 saturated carbocycles. The van der Waals surface area contributed by atoms with Crippen LogP contribution in [0.4, 0.5) is 0 Å². The van der Waals surface area contributed by atoms with Crippen LogP contribution >= 0.6 is 11.5 Å². The summed E-state index contributed by atoms with van der Waals surface area (Å²) in [4.78, 5) is 0.885. The smallest absolute Gasteiger partial charge is 0.166 e. The molecular formula is C18H13N3S. The first-order chi connectivity index (χ1) is 10.8. The average Bonchev–Trinajstić information content (AvgIpc) is 2.97. The molecule has 0 fully saturated rings. The van der Waals surface area contributed by atoms with Gasteiger partial charge in [-0.2, -0.15) is 4.37 Å². The van der Waals surface area contributed by atoms with E-state index in [0.717, 1.165) is 38.3 Å². The van der Waals surface area contributed by atoms with Gasteiger partial charge in [0.1, 0.15) is 5.69 Å². The van der Waals surface area contributed by atoms with Crippen LogP contribution in [-0.2, 0) is 0 Å². The van der Waals surface area contributed by atoms with Crippen molar-refractivity contribution >= 4 is 21.7 Å². The van der Waals surface area contributed by atoms with E-state index >= 15 is 0 Å². The molecule has 0 aliphatic rings. The summed E-state index contributed by atoms with van der Waals surface area (Å²) in [5, 5.41) is 9.96. The van der Waals surface area contributed by atoms with Crippen molar-refractivity contribution in [3.8, 4) is 22.4 Å². The standard InChI is InChI=1S/C18H13N3S/c1-12-15-16(13-8-4-2-5-9-13)17(14-10-6-3-7-11-14)19-20-18(15)22-21-12/h2-11H,1H3. The summed E-state index contributed by atoms with van der Waals surface area (Å²) >= 11 is 1.40. The fourth-order valence-corrected chi connectivity index (χ4v) is 3.39. The van der Waals surface area contributed by atoms with Gasteiger partial charge in [0, 0.05) is 16.5 Å². The number of benzene rings is 2. The molecule has 2 aromatic carbocycles. The van der Waals surface area contributed by atoms with Gasteiger partial charge in [0.25, 0.3) is 0 Å². The van der Waals surface area contributed by atoms with E-state index in [1.165, 1.54) is 11.5 Å². The lowest BCUT2D eigenvalue weighted by Gasteiger charge is -2.10.